The molecule has 2 rings (SSSR count). The van der Waals surface area contributed by atoms with Crippen molar-refractivity contribution in [1.82, 2.24) is 0 Å². The summed E-state index contributed by atoms with van der Waals surface area (Å²) in [5, 5.41) is 0. The molecule has 4 heteroatoms. The Morgan fingerprint density at radius 1 is 1.38 bits per heavy atom. The van der Waals surface area contributed by atoms with Gasteiger partial charge in [0.15, 0.2) is 0 Å². The Kier molecular flexibility index (Phi) is 3.49. The van der Waals surface area contributed by atoms with Gasteiger partial charge in [-0.2, -0.15) is 12.6 Å². The van der Waals surface area contributed by atoms with Gasteiger partial charge in [0.05, 0.1) is 0 Å². The number of hydrogen-bond acceptors (Lipinski definition) is 2. The second-order valence-corrected chi connectivity index (χ2v) is 4.34. The number of anilines is 1. The minimum atomic E-state index is -0.234. The molecular weight excluding hydrogens is 225 g/mol. The predicted octanol–water partition coefficient (Wildman–Crippen LogP) is 2.42. The molecule has 86 valence electrons. The van der Waals surface area contributed by atoms with Crippen LogP contribution in [0.25, 0.3) is 0 Å². The van der Waals surface area contributed by atoms with Gasteiger partial charge in [-0.05, 0) is 42.4 Å². The first kappa shape index (κ1) is 11.5. The number of carbonyl (C=O) groups is 1. The Morgan fingerprint density at radius 2 is 2.19 bits per heavy atom. The summed E-state index contributed by atoms with van der Waals surface area (Å²) in [7, 11) is 0. The summed E-state index contributed by atoms with van der Waals surface area (Å²) in [6, 6.07) is 4.63. The van der Waals surface area contributed by atoms with Gasteiger partial charge < -0.3 is 4.90 Å². The van der Waals surface area contributed by atoms with Crippen LogP contribution in [-0.2, 0) is 11.2 Å². The summed E-state index contributed by atoms with van der Waals surface area (Å²) in [4.78, 5) is 13.5. The van der Waals surface area contributed by atoms with E-state index in [1.54, 1.807) is 11.0 Å². The predicted molar refractivity (Wildman–Crippen MR) is 65.5 cm³/mol. The lowest BCUT2D eigenvalue weighted by molar-refractivity contribution is -0.118. The molecule has 16 heavy (non-hydrogen) atoms. The van der Waals surface area contributed by atoms with E-state index in [1.807, 2.05) is 0 Å². The number of nitrogens with zero attached hydrogens (tertiary/aromatic N) is 1. The lowest BCUT2D eigenvalue weighted by Crippen LogP contribution is -2.36. The Labute approximate surface area is 99.9 Å². The van der Waals surface area contributed by atoms with Crippen molar-refractivity contribution >= 4 is 24.2 Å². The first-order chi connectivity index (χ1) is 7.72. The Balaban J connectivity index is 2.29. The van der Waals surface area contributed by atoms with Crippen LogP contribution in [0.5, 0.6) is 0 Å². The summed E-state index contributed by atoms with van der Waals surface area (Å²) < 4.78 is 13.1. The third-order valence-electron chi connectivity index (χ3n) is 2.78. The van der Waals surface area contributed by atoms with Gasteiger partial charge in [-0.1, -0.05) is 0 Å². The molecule has 0 radical (unpaired) electrons. The molecule has 1 aromatic rings. The van der Waals surface area contributed by atoms with E-state index in [0.29, 0.717) is 19.4 Å². The smallest absolute Gasteiger partial charge is 0.227 e. The summed E-state index contributed by atoms with van der Waals surface area (Å²) in [6.45, 7) is 0.668. The van der Waals surface area contributed by atoms with Crippen LogP contribution in [0.15, 0.2) is 18.2 Å². The van der Waals surface area contributed by atoms with E-state index in [9.17, 15) is 9.18 Å². The average molecular weight is 239 g/mol. The second-order valence-electron chi connectivity index (χ2n) is 3.90. The number of amides is 1. The summed E-state index contributed by atoms with van der Waals surface area (Å²) >= 11 is 4.14. The van der Waals surface area contributed by atoms with E-state index in [-0.39, 0.29) is 11.7 Å². The van der Waals surface area contributed by atoms with Gasteiger partial charge in [0.1, 0.15) is 5.82 Å². The summed E-state index contributed by atoms with van der Waals surface area (Å²) in [6.07, 6.45) is 1.97. The number of hydrogen-bond donors (Lipinski definition) is 1. The molecule has 1 heterocycles. The quantitative estimate of drug-likeness (QED) is 0.803. The van der Waals surface area contributed by atoms with Crippen molar-refractivity contribution in [3.8, 4) is 0 Å². The fourth-order valence-electron chi connectivity index (χ4n) is 2.00. The van der Waals surface area contributed by atoms with Gasteiger partial charge in [-0.15, -0.1) is 0 Å². The summed E-state index contributed by atoms with van der Waals surface area (Å²) in [5.74, 6) is 0.642. The molecule has 0 atom stereocenters. The number of aryl methyl sites for hydroxylation is 1. The lowest BCUT2D eigenvalue weighted by atomic mass is 10.0. The molecule has 0 N–H and O–H groups in total. The topological polar surface area (TPSA) is 20.3 Å². The van der Waals surface area contributed by atoms with E-state index in [1.165, 1.54) is 12.1 Å². The summed E-state index contributed by atoms with van der Waals surface area (Å²) in [5.41, 5.74) is 1.79. The third-order valence-corrected chi connectivity index (χ3v) is 3.10. The molecular formula is C12H14FNOS. The van der Waals surface area contributed by atoms with E-state index in [4.69, 9.17) is 0 Å². The molecule has 0 bridgehead atoms. The van der Waals surface area contributed by atoms with Crippen LogP contribution in [0.1, 0.15) is 18.4 Å². The average Bonchev–Trinajstić information content (AvgIpc) is 2.28. The highest BCUT2D eigenvalue weighted by Crippen LogP contribution is 2.28. The third kappa shape index (κ3) is 2.21. The molecule has 0 saturated heterocycles. The molecule has 0 spiro atoms. The number of carbonyl (C=O) groups excluding carboxylic acids is 1. The molecule has 1 aliphatic rings. The Bertz CT molecular complexity index is 408. The zero-order valence-corrected chi connectivity index (χ0v) is 9.84. The van der Waals surface area contributed by atoms with Gasteiger partial charge in [0.25, 0.3) is 0 Å². The van der Waals surface area contributed by atoms with E-state index < -0.39 is 0 Å². The highest BCUT2D eigenvalue weighted by molar-refractivity contribution is 7.80. The Hall–Kier alpha value is -1.03. The zero-order chi connectivity index (χ0) is 11.5. The first-order valence-corrected chi connectivity index (χ1v) is 6.05. The highest BCUT2D eigenvalue weighted by Gasteiger charge is 2.23. The van der Waals surface area contributed by atoms with Crippen molar-refractivity contribution in [2.75, 3.05) is 17.2 Å². The molecule has 0 aromatic heterocycles. The van der Waals surface area contributed by atoms with Crippen molar-refractivity contribution in [2.45, 2.75) is 19.3 Å². The highest BCUT2D eigenvalue weighted by atomic mass is 32.1. The molecule has 1 aliphatic heterocycles. The van der Waals surface area contributed by atoms with Gasteiger partial charge in [-0.25, -0.2) is 4.39 Å². The lowest BCUT2D eigenvalue weighted by Gasteiger charge is -2.29. The maximum absolute atomic E-state index is 13.1. The van der Waals surface area contributed by atoms with Crippen LogP contribution in [0.2, 0.25) is 0 Å². The first-order valence-electron chi connectivity index (χ1n) is 5.42. The van der Waals surface area contributed by atoms with Crippen LogP contribution in [-0.4, -0.2) is 18.2 Å². The van der Waals surface area contributed by atoms with E-state index in [2.05, 4.69) is 12.6 Å². The molecule has 0 unspecified atom stereocenters. The largest absolute Gasteiger partial charge is 0.312 e. The van der Waals surface area contributed by atoms with Crippen molar-refractivity contribution in [3.05, 3.63) is 29.6 Å². The molecule has 1 aromatic carbocycles. The fraction of sp³-hybridized carbons (Fsp3) is 0.417. The van der Waals surface area contributed by atoms with Gasteiger partial charge >= 0.3 is 0 Å². The molecule has 0 saturated carbocycles. The van der Waals surface area contributed by atoms with Crippen LogP contribution in [0.3, 0.4) is 0 Å². The number of fused-ring (bicyclic) bond motifs is 1. The number of thiol groups is 1. The van der Waals surface area contributed by atoms with Crippen molar-refractivity contribution in [2.24, 2.45) is 0 Å². The number of rotatable bonds is 3. The standard InChI is InChI=1S/C12H14FNOS/c13-10-3-4-11-9(8-10)2-5-12(15)14(11)6-1-7-16/h3-4,8,16H,1-2,5-7H2. The van der Waals surface area contributed by atoms with E-state index in [0.717, 1.165) is 23.4 Å². The monoisotopic (exact) mass is 239 g/mol. The minimum Gasteiger partial charge on any atom is -0.312 e. The van der Waals surface area contributed by atoms with Crippen LogP contribution in [0.4, 0.5) is 10.1 Å². The number of benzene rings is 1. The van der Waals surface area contributed by atoms with Crippen LogP contribution >= 0.6 is 12.6 Å². The normalized spacial score (nSPS) is 15.1. The van der Waals surface area contributed by atoms with E-state index >= 15 is 0 Å². The Morgan fingerprint density at radius 3 is 2.94 bits per heavy atom. The van der Waals surface area contributed by atoms with Crippen molar-refractivity contribution in [3.63, 3.8) is 0 Å². The molecule has 2 nitrogen and oxygen atoms in total. The van der Waals surface area contributed by atoms with Gasteiger partial charge in [0.2, 0.25) is 5.91 Å². The minimum absolute atomic E-state index is 0.126. The maximum atomic E-state index is 13.1. The van der Waals surface area contributed by atoms with Gasteiger partial charge in [-0.3, -0.25) is 4.79 Å². The maximum Gasteiger partial charge on any atom is 0.227 e. The van der Waals surface area contributed by atoms with Crippen molar-refractivity contribution < 1.29 is 9.18 Å². The molecule has 1 amide bonds. The SMILES string of the molecule is O=C1CCc2cc(F)ccc2N1CCCS. The number of halogens is 1. The van der Waals surface area contributed by atoms with Crippen LogP contribution < -0.4 is 4.90 Å². The molecule has 0 fully saturated rings. The fourth-order valence-corrected chi connectivity index (χ4v) is 2.14. The zero-order valence-electron chi connectivity index (χ0n) is 8.95. The molecule has 0 aliphatic carbocycles. The van der Waals surface area contributed by atoms with Gasteiger partial charge in [0, 0.05) is 18.7 Å². The van der Waals surface area contributed by atoms with Crippen molar-refractivity contribution in [1.29, 1.82) is 0 Å². The second kappa shape index (κ2) is 4.87. The van der Waals surface area contributed by atoms with Crippen LogP contribution in [0, 0.1) is 5.82 Å².